The van der Waals surface area contributed by atoms with Crippen LogP contribution in [0.5, 0.6) is 11.5 Å². The number of Topliss-reactive ketones (excluding diaryl/α,β-unsaturated/α-hetero) is 1. The number of nitrogens with one attached hydrogen (secondary N) is 1. The molecule has 1 aromatic carbocycles. The molecule has 1 N–H and O–H groups in total. The molecule has 2 atom stereocenters. The number of hydrogen-bond donors (Lipinski definition) is 1. The molecule has 30 heavy (non-hydrogen) atoms. The molecule has 6 heteroatoms. The van der Waals surface area contributed by atoms with Gasteiger partial charge < -0.3 is 14.8 Å². The van der Waals surface area contributed by atoms with Crippen LogP contribution in [0.1, 0.15) is 40.7 Å². The zero-order valence-electron chi connectivity index (χ0n) is 16.8. The van der Waals surface area contributed by atoms with Gasteiger partial charge in [0.1, 0.15) is 0 Å². The van der Waals surface area contributed by atoms with Crippen LogP contribution in [0, 0.1) is 0 Å². The third-order valence-corrected chi connectivity index (χ3v) is 6.95. The summed E-state index contributed by atoms with van der Waals surface area (Å²) in [5.41, 5.74) is 4.79. The lowest BCUT2D eigenvalue weighted by atomic mass is 9.73. The van der Waals surface area contributed by atoms with Gasteiger partial charge in [0.25, 0.3) is 0 Å². The van der Waals surface area contributed by atoms with E-state index in [1.165, 1.54) is 4.88 Å². The average Bonchev–Trinajstić information content (AvgIpc) is 3.32. The van der Waals surface area contributed by atoms with Crippen molar-refractivity contribution in [2.75, 3.05) is 19.5 Å². The predicted molar refractivity (Wildman–Crippen MR) is 118 cm³/mol. The minimum absolute atomic E-state index is 0.179. The Kier molecular flexibility index (Phi) is 4.79. The van der Waals surface area contributed by atoms with Gasteiger partial charge in [0.05, 0.1) is 14.2 Å². The number of carbonyl (C=O) groups is 1. The largest absolute Gasteiger partial charge is 0.493 e. The number of benzene rings is 1. The van der Waals surface area contributed by atoms with Gasteiger partial charge in [0, 0.05) is 58.6 Å². The molecule has 2 aromatic heterocycles. The van der Waals surface area contributed by atoms with Crippen LogP contribution < -0.4 is 14.8 Å². The van der Waals surface area contributed by atoms with Crippen LogP contribution in [0.15, 0.2) is 65.4 Å². The van der Waals surface area contributed by atoms with Crippen molar-refractivity contribution in [2.24, 2.45) is 0 Å². The molecule has 0 radical (unpaired) electrons. The second-order valence-corrected chi connectivity index (χ2v) is 8.55. The summed E-state index contributed by atoms with van der Waals surface area (Å²) >= 11 is 1.72. The maximum absolute atomic E-state index is 13.4. The predicted octanol–water partition coefficient (Wildman–Crippen LogP) is 5.12. The first kappa shape index (κ1) is 18.9. The summed E-state index contributed by atoms with van der Waals surface area (Å²) in [6.45, 7) is 0. The number of thiophene rings is 1. The smallest absolute Gasteiger partial charge is 0.162 e. The summed E-state index contributed by atoms with van der Waals surface area (Å²) in [6, 6.07) is 12.1. The molecule has 3 heterocycles. The molecule has 0 amide bonds. The van der Waals surface area contributed by atoms with E-state index in [0.29, 0.717) is 17.9 Å². The Morgan fingerprint density at radius 3 is 2.63 bits per heavy atom. The van der Waals surface area contributed by atoms with Gasteiger partial charge in [0.2, 0.25) is 0 Å². The normalized spacial score (nSPS) is 20.3. The first-order chi connectivity index (χ1) is 14.7. The standard InChI is InChI=1S/C24H22N2O3S/c1-28-20-11-16-17(12-21(20)29-2)26-18-9-15(22-6-4-8-30-22)10-19(27)24(18)23(16)14-5-3-7-25-13-14/h3-8,11-13,15,23,26H,9-10H2,1-2H3/t15-,23+/m0/s1. The molecule has 1 aliphatic carbocycles. The highest BCUT2D eigenvalue weighted by molar-refractivity contribution is 7.10. The quantitative estimate of drug-likeness (QED) is 0.637. The Labute approximate surface area is 179 Å². The maximum atomic E-state index is 13.4. The number of fused-ring (bicyclic) bond motifs is 1. The van der Waals surface area contributed by atoms with Crippen molar-refractivity contribution in [3.8, 4) is 11.5 Å². The van der Waals surface area contributed by atoms with Crippen LogP contribution >= 0.6 is 11.3 Å². The first-order valence-electron chi connectivity index (χ1n) is 9.92. The van der Waals surface area contributed by atoms with Crippen LogP contribution in [0.25, 0.3) is 0 Å². The number of aromatic nitrogens is 1. The van der Waals surface area contributed by atoms with E-state index in [4.69, 9.17) is 9.47 Å². The van der Waals surface area contributed by atoms with E-state index < -0.39 is 0 Å². The van der Waals surface area contributed by atoms with Crippen molar-refractivity contribution in [1.29, 1.82) is 0 Å². The van der Waals surface area contributed by atoms with Gasteiger partial charge >= 0.3 is 0 Å². The van der Waals surface area contributed by atoms with E-state index >= 15 is 0 Å². The first-order valence-corrected chi connectivity index (χ1v) is 10.8. The Morgan fingerprint density at radius 1 is 1.10 bits per heavy atom. The summed E-state index contributed by atoms with van der Waals surface area (Å²) in [6.07, 6.45) is 4.94. The van der Waals surface area contributed by atoms with Crippen molar-refractivity contribution < 1.29 is 14.3 Å². The Bertz CT molecular complexity index is 1120. The maximum Gasteiger partial charge on any atom is 0.162 e. The fourth-order valence-electron chi connectivity index (χ4n) is 4.56. The highest BCUT2D eigenvalue weighted by Gasteiger charge is 2.39. The van der Waals surface area contributed by atoms with Crippen molar-refractivity contribution >= 4 is 22.8 Å². The lowest BCUT2D eigenvalue weighted by Crippen LogP contribution is -2.29. The highest BCUT2D eigenvalue weighted by Crippen LogP contribution is 2.50. The highest BCUT2D eigenvalue weighted by atomic mass is 32.1. The second-order valence-electron chi connectivity index (χ2n) is 7.57. The number of pyridine rings is 1. The number of carbonyl (C=O) groups excluding carboxylic acids is 1. The van der Waals surface area contributed by atoms with E-state index in [9.17, 15) is 4.79 Å². The van der Waals surface area contributed by atoms with Crippen LogP contribution in [0.3, 0.4) is 0 Å². The molecular formula is C24H22N2O3S. The van der Waals surface area contributed by atoms with E-state index in [1.54, 1.807) is 31.8 Å². The van der Waals surface area contributed by atoms with Gasteiger partial charge in [-0.15, -0.1) is 11.3 Å². The molecular weight excluding hydrogens is 396 g/mol. The summed E-state index contributed by atoms with van der Waals surface area (Å²) in [7, 11) is 3.26. The number of ether oxygens (including phenoxy) is 2. The molecule has 1 aliphatic heterocycles. The number of rotatable bonds is 4. The summed E-state index contributed by atoms with van der Waals surface area (Å²) in [5.74, 6) is 1.53. The van der Waals surface area contributed by atoms with Crippen LogP contribution in [-0.4, -0.2) is 25.0 Å². The number of anilines is 1. The number of ketones is 1. The molecule has 0 unspecified atom stereocenters. The van der Waals surface area contributed by atoms with Gasteiger partial charge in [-0.05, 0) is 41.1 Å². The minimum atomic E-state index is -0.179. The molecule has 0 spiro atoms. The van der Waals surface area contributed by atoms with E-state index in [2.05, 4.69) is 21.7 Å². The molecule has 5 rings (SSSR count). The molecule has 3 aromatic rings. The monoisotopic (exact) mass is 418 g/mol. The molecule has 2 aliphatic rings. The molecule has 0 saturated carbocycles. The van der Waals surface area contributed by atoms with Crippen LogP contribution in [0.2, 0.25) is 0 Å². The third-order valence-electron chi connectivity index (χ3n) is 5.91. The molecule has 152 valence electrons. The summed E-state index contributed by atoms with van der Waals surface area (Å²) < 4.78 is 11.1. The van der Waals surface area contributed by atoms with Crippen LogP contribution in [-0.2, 0) is 4.79 Å². The topological polar surface area (TPSA) is 60.5 Å². The van der Waals surface area contributed by atoms with Crippen molar-refractivity contribution in [3.63, 3.8) is 0 Å². The number of hydrogen-bond acceptors (Lipinski definition) is 6. The van der Waals surface area contributed by atoms with Gasteiger partial charge in [-0.25, -0.2) is 0 Å². The second kappa shape index (κ2) is 7.61. The molecule has 5 nitrogen and oxygen atoms in total. The van der Waals surface area contributed by atoms with Gasteiger partial charge in [-0.3, -0.25) is 9.78 Å². The molecule has 0 fully saturated rings. The lowest BCUT2D eigenvalue weighted by molar-refractivity contribution is -0.116. The van der Waals surface area contributed by atoms with Crippen molar-refractivity contribution in [1.82, 2.24) is 4.98 Å². The SMILES string of the molecule is COc1cc2c(cc1OC)[C@@H](c1cccnc1)C1=C(C[C@H](c3cccs3)CC1=O)N2. The van der Waals surface area contributed by atoms with Crippen molar-refractivity contribution in [3.05, 3.63) is 81.4 Å². The fraction of sp³-hybridized carbons (Fsp3) is 0.250. The third kappa shape index (κ3) is 3.08. The van der Waals surface area contributed by atoms with Gasteiger partial charge in [0.15, 0.2) is 17.3 Å². The average molecular weight is 419 g/mol. The van der Waals surface area contributed by atoms with Gasteiger partial charge in [-0.2, -0.15) is 0 Å². The van der Waals surface area contributed by atoms with Gasteiger partial charge in [-0.1, -0.05) is 12.1 Å². The number of allylic oxidation sites excluding steroid dienone is 2. The van der Waals surface area contributed by atoms with E-state index in [-0.39, 0.29) is 17.6 Å². The molecule has 0 bridgehead atoms. The van der Waals surface area contributed by atoms with Crippen molar-refractivity contribution in [2.45, 2.75) is 24.7 Å². The number of nitrogens with zero attached hydrogens (tertiary/aromatic N) is 1. The Hall–Kier alpha value is -3.12. The Morgan fingerprint density at radius 2 is 1.93 bits per heavy atom. The minimum Gasteiger partial charge on any atom is -0.493 e. The molecule has 0 saturated heterocycles. The summed E-state index contributed by atoms with van der Waals surface area (Å²) in [4.78, 5) is 19.0. The van der Waals surface area contributed by atoms with E-state index in [1.807, 2.05) is 36.5 Å². The Balaban J connectivity index is 1.67. The fourth-order valence-corrected chi connectivity index (χ4v) is 5.39. The lowest BCUT2D eigenvalue weighted by Gasteiger charge is -2.36. The van der Waals surface area contributed by atoms with E-state index in [0.717, 1.165) is 34.5 Å². The zero-order valence-corrected chi connectivity index (χ0v) is 17.7. The number of methoxy groups -OCH3 is 2. The van der Waals surface area contributed by atoms with Crippen LogP contribution in [0.4, 0.5) is 5.69 Å². The zero-order chi connectivity index (χ0) is 20.7. The summed E-state index contributed by atoms with van der Waals surface area (Å²) in [5, 5.41) is 5.63.